The molecule has 2 aliphatic rings. The van der Waals surface area contributed by atoms with E-state index in [4.69, 9.17) is 0 Å². The second kappa shape index (κ2) is 7.79. The van der Waals surface area contributed by atoms with Crippen LogP contribution in [0.15, 0.2) is 0 Å². The molecule has 0 spiro atoms. The topological polar surface area (TPSA) is 98.3 Å². The van der Waals surface area contributed by atoms with Crippen molar-refractivity contribution >= 4 is 17.8 Å². The summed E-state index contributed by atoms with van der Waals surface area (Å²) in [6, 6.07) is 0. The number of amides is 2. The number of rotatable bonds is 4. The summed E-state index contributed by atoms with van der Waals surface area (Å²) in [5.74, 6) is 0.900. The highest BCUT2D eigenvalue weighted by atomic mass is 16.2. The number of carbonyl (C=O) groups is 2. The van der Waals surface area contributed by atoms with Gasteiger partial charge in [-0.15, -0.1) is 5.10 Å². The minimum atomic E-state index is -0.0709. The van der Waals surface area contributed by atoms with Gasteiger partial charge < -0.3 is 14.7 Å². The van der Waals surface area contributed by atoms with Crippen molar-refractivity contribution in [1.29, 1.82) is 0 Å². The average Bonchev–Trinajstić information content (AvgIpc) is 3.21. The van der Waals surface area contributed by atoms with E-state index in [1.165, 1.54) is 0 Å². The number of tetrazole rings is 1. The predicted molar refractivity (Wildman–Crippen MR) is 91.7 cm³/mol. The lowest BCUT2D eigenvalue weighted by Crippen LogP contribution is -2.53. The molecule has 2 fully saturated rings. The standard InChI is InChI=1S/C16H27N7O2/c1-3-12(2)14(24)23-6-4-5-13(11-23)15(25)21-7-9-22(10-8-21)16-17-19-20-18-16/h12-13H,3-11H2,1-2H3,(H,17,18,19,20). The predicted octanol–water partition coefficient (Wildman–Crippen LogP) is 0.133. The number of H-pyrrole nitrogens is 1. The Kier molecular flexibility index (Phi) is 5.50. The van der Waals surface area contributed by atoms with Crippen LogP contribution in [0.3, 0.4) is 0 Å². The fraction of sp³-hybridized carbons (Fsp3) is 0.812. The highest BCUT2D eigenvalue weighted by molar-refractivity contribution is 5.82. The number of hydrogen-bond donors (Lipinski definition) is 1. The minimum absolute atomic E-state index is 0.0346. The summed E-state index contributed by atoms with van der Waals surface area (Å²) >= 11 is 0. The Morgan fingerprint density at radius 2 is 1.96 bits per heavy atom. The van der Waals surface area contributed by atoms with Crippen LogP contribution in [-0.4, -0.2) is 81.5 Å². The molecular formula is C16H27N7O2. The lowest BCUT2D eigenvalue weighted by atomic mass is 9.94. The van der Waals surface area contributed by atoms with Gasteiger partial charge in [0.05, 0.1) is 5.92 Å². The quantitative estimate of drug-likeness (QED) is 0.830. The van der Waals surface area contributed by atoms with Gasteiger partial charge in [0, 0.05) is 45.2 Å². The molecule has 2 aliphatic heterocycles. The first-order valence-corrected chi connectivity index (χ1v) is 9.16. The van der Waals surface area contributed by atoms with Gasteiger partial charge in [-0.3, -0.25) is 9.59 Å². The number of piperidine rings is 1. The molecule has 2 saturated heterocycles. The molecule has 0 aliphatic carbocycles. The summed E-state index contributed by atoms with van der Waals surface area (Å²) in [5, 5.41) is 14.0. The minimum Gasteiger partial charge on any atom is -0.342 e. The Labute approximate surface area is 147 Å². The van der Waals surface area contributed by atoms with Crippen molar-refractivity contribution in [3.05, 3.63) is 0 Å². The van der Waals surface area contributed by atoms with E-state index in [1.54, 1.807) is 0 Å². The molecule has 138 valence electrons. The molecule has 1 N–H and O–H groups in total. The van der Waals surface area contributed by atoms with E-state index in [1.807, 2.05) is 28.5 Å². The maximum atomic E-state index is 12.9. The van der Waals surface area contributed by atoms with E-state index in [9.17, 15) is 9.59 Å². The summed E-state index contributed by atoms with van der Waals surface area (Å²) in [4.78, 5) is 31.1. The Hall–Kier alpha value is -2.19. The third kappa shape index (κ3) is 3.91. The molecule has 0 saturated carbocycles. The number of piperazine rings is 1. The maximum absolute atomic E-state index is 12.9. The average molecular weight is 349 g/mol. The lowest BCUT2D eigenvalue weighted by molar-refractivity contribution is -0.142. The molecule has 3 heterocycles. The third-order valence-corrected chi connectivity index (χ3v) is 5.32. The zero-order valence-electron chi connectivity index (χ0n) is 15.0. The summed E-state index contributed by atoms with van der Waals surface area (Å²) in [6.45, 7) is 8.04. The first-order valence-electron chi connectivity index (χ1n) is 9.16. The van der Waals surface area contributed by atoms with Crippen LogP contribution in [0.5, 0.6) is 0 Å². The van der Waals surface area contributed by atoms with E-state index in [0.717, 1.165) is 25.8 Å². The molecule has 3 rings (SSSR count). The van der Waals surface area contributed by atoms with E-state index in [2.05, 4.69) is 20.6 Å². The van der Waals surface area contributed by atoms with Crippen LogP contribution in [0.2, 0.25) is 0 Å². The zero-order valence-corrected chi connectivity index (χ0v) is 15.0. The number of anilines is 1. The number of nitrogens with zero attached hydrogens (tertiary/aromatic N) is 6. The summed E-state index contributed by atoms with van der Waals surface area (Å²) < 4.78 is 0. The van der Waals surface area contributed by atoms with Gasteiger partial charge in [0.25, 0.3) is 5.95 Å². The van der Waals surface area contributed by atoms with Gasteiger partial charge in [0.2, 0.25) is 11.8 Å². The first kappa shape index (κ1) is 17.6. The van der Waals surface area contributed by atoms with Crippen molar-refractivity contribution < 1.29 is 9.59 Å². The zero-order chi connectivity index (χ0) is 17.8. The molecule has 1 aromatic rings. The molecule has 9 heteroatoms. The van der Waals surface area contributed by atoms with Crippen molar-refractivity contribution in [3.8, 4) is 0 Å². The van der Waals surface area contributed by atoms with Gasteiger partial charge in [-0.05, 0) is 24.5 Å². The van der Waals surface area contributed by atoms with Gasteiger partial charge in [-0.2, -0.15) is 5.21 Å². The van der Waals surface area contributed by atoms with Crippen molar-refractivity contribution in [2.45, 2.75) is 33.1 Å². The molecule has 0 radical (unpaired) electrons. The highest BCUT2D eigenvalue weighted by Gasteiger charge is 2.33. The third-order valence-electron chi connectivity index (χ3n) is 5.32. The number of nitrogens with one attached hydrogen (secondary N) is 1. The SMILES string of the molecule is CCC(C)C(=O)N1CCCC(C(=O)N2CCN(c3nn[nH]n3)CC2)C1. The first-order chi connectivity index (χ1) is 12.1. The number of carbonyl (C=O) groups excluding carboxylic acids is 2. The van der Waals surface area contributed by atoms with Crippen LogP contribution in [0.4, 0.5) is 5.95 Å². The summed E-state index contributed by atoms with van der Waals surface area (Å²) in [7, 11) is 0. The van der Waals surface area contributed by atoms with E-state index in [0.29, 0.717) is 38.7 Å². The molecule has 0 aromatic carbocycles. The summed E-state index contributed by atoms with van der Waals surface area (Å²) in [5.41, 5.74) is 0. The van der Waals surface area contributed by atoms with Crippen LogP contribution in [0, 0.1) is 11.8 Å². The van der Waals surface area contributed by atoms with Gasteiger partial charge in [0.15, 0.2) is 0 Å². The molecule has 9 nitrogen and oxygen atoms in total. The fourth-order valence-electron chi connectivity index (χ4n) is 3.54. The molecule has 2 amide bonds. The van der Waals surface area contributed by atoms with Crippen molar-refractivity contribution in [2.24, 2.45) is 11.8 Å². The second-order valence-corrected chi connectivity index (χ2v) is 6.96. The van der Waals surface area contributed by atoms with Gasteiger partial charge in [-0.1, -0.05) is 18.9 Å². The molecular weight excluding hydrogens is 322 g/mol. The van der Waals surface area contributed by atoms with E-state index in [-0.39, 0.29) is 23.7 Å². The maximum Gasteiger partial charge on any atom is 0.265 e. The van der Waals surface area contributed by atoms with Gasteiger partial charge in [-0.25, -0.2) is 0 Å². The summed E-state index contributed by atoms with van der Waals surface area (Å²) in [6.07, 6.45) is 2.61. The van der Waals surface area contributed by atoms with Crippen molar-refractivity contribution in [2.75, 3.05) is 44.2 Å². The fourth-order valence-corrected chi connectivity index (χ4v) is 3.54. The number of hydrogen-bond acceptors (Lipinski definition) is 6. The Morgan fingerprint density at radius 3 is 2.60 bits per heavy atom. The van der Waals surface area contributed by atoms with Crippen molar-refractivity contribution in [1.82, 2.24) is 30.4 Å². The Bertz CT molecular complexity index is 583. The molecule has 2 atom stereocenters. The van der Waals surface area contributed by atoms with Crippen LogP contribution in [-0.2, 0) is 9.59 Å². The Balaban J connectivity index is 1.53. The number of likely N-dealkylation sites (tertiary alicyclic amines) is 1. The molecule has 0 bridgehead atoms. The molecule has 1 aromatic heterocycles. The molecule has 2 unspecified atom stereocenters. The van der Waals surface area contributed by atoms with Crippen LogP contribution >= 0.6 is 0 Å². The largest absolute Gasteiger partial charge is 0.342 e. The smallest absolute Gasteiger partial charge is 0.265 e. The van der Waals surface area contributed by atoms with Gasteiger partial charge >= 0.3 is 0 Å². The Morgan fingerprint density at radius 1 is 1.20 bits per heavy atom. The second-order valence-electron chi connectivity index (χ2n) is 6.96. The normalized spacial score (nSPS) is 22.8. The van der Waals surface area contributed by atoms with Crippen LogP contribution in [0.1, 0.15) is 33.1 Å². The number of aromatic amines is 1. The lowest BCUT2D eigenvalue weighted by Gasteiger charge is -2.39. The van der Waals surface area contributed by atoms with E-state index >= 15 is 0 Å². The van der Waals surface area contributed by atoms with Crippen LogP contribution < -0.4 is 4.90 Å². The highest BCUT2D eigenvalue weighted by Crippen LogP contribution is 2.22. The van der Waals surface area contributed by atoms with Gasteiger partial charge in [0.1, 0.15) is 0 Å². The monoisotopic (exact) mass is 349 g/mol. The molecule has 25 heavy (non-hydrogen) atoms. The number of aromatic nitrogens is 4. The van der Waals surface area contributed by atoms with Crippen molar-refractivity contribution in [3.63, 3.8) is 0 Å². The van der Waals surface area contributed by atoms with E-state index < -0.39 is 0 Å². The van der Waals surface area contributed by atoms with Crippen LogP contribution in [0.25, 0.3) is 0 Å².